The Morgan fingerprint density at radius 2 is 1.96 bits per heavy atom. The van der Waals surface area contributed by atoms with Crippen molar-refractivity contribution in [1.82, 2.24) is 14.8 Å². The molecule has 2 aliphatic heterocycles. The molecule has 1 aromatic heterocycles. The lowest BCUT2D eigenvalue weighted by atomic mass is 9.87. The van der Waals surface area contributed by atoms with Crippen molar-refractivity contribution in [2.45, 2.75) is 63.3 Å². The molecule has 6 nitrogen and oxygen atoms in total. The highest BCUT2D eigenvalue weighted by Crippen LogP contribution is 2.36. The van der Waals surface area contributed by atoms with Crippen LogP contribution in [0.3, 0.4) is 0 Å². The number of aromatic nitrogens is 1. The molecule has 0 spiro atoms. The van der Waals surface area contributed by atoms with E-state index in [1.165, 1.54) is 44.2 Å². The summed E-state index contributed by atoms with van der Waals surface area (Å²) >= 11 is 0. The van der Waals surface area contributed by atoms with Crippen LogP contribution < -0.4 is 0 Å². The summed E-state index contributed by atoms with van der Waals surface area (Å²) in [4.78, 5) is 20.6. The van der Waals surface area contributed by atoms with Gasteiger partial charge in [0.1, 0.15) is 12.9 Å². The summed E-state index contributed by atoms with van der Waals surface area (Å²) < 4.78 is 10.9. The van der Waals surface area contributed by atoms with E-state index in [0.29, 0.717) is 18.6 Å². The number of nitrogens with zero attached hydrogens (tertiary/aromatic N) is 3. The molecule has 1 aromatic rings. The maximum Gasteiger partial charge on any atom is 0.409 e. The zero-order chi connectivity index (χ0) is 17.1. The first kappa shape index (κ1) is 16.9. The summed E-state index contributed by atoms with van der Waals surface area (Å²) in [6.07, 6.45) is 11.5. The highest BCUT2D eigenvalue weighted by atomic mass is 16.6. The van der Waals surface area contributed by atoms with Crippen LogP contribution in [-0.4, -0.2) is 53.7 Å². The Balaban J connectivity index is 1.31. The molecule has 0 bridgehead atoms. The van der Waals surface area contributed by atoms with Crippen molar-refractivity contribution < 1.29 is 13.9 Å². The van der Waals surface area contributed by atoms with Gasteiger partial charge in [0.15, 0.2) is 0 Å². The summed E-state index contributed by atoms with van der Waals surface area (Å²) in [5.74, 6) is 1.50. The van der Waals surface area contributed by atoms with Gasteiger partial charge in [-0.1, -0.05) is 19.3 Å². The van der Waals surface area contributed by atoms with Crippen molar-refractivity contribution in [3.63, 3.8) is 0 Å². The van der Waals surface area contributed by atoms with Gasteiger partial charge in [0.25, 0.3) is 0 Å². The summed E-state index contributed by atoms with van der Waals surface area (Å²) in [7, 11) is 0. The Kier molecular flexibility index (Phi) is 5.25. The van der Waals surface area contributed by atoms with Crippen molar-refractivity contribution in [2.75, 3.05) is 32.8 Å². The number of cyclic esters (lactones) is 1. The lowest BCUT2D eigenvalue weighted by molar-refractivity contribution is 0.155. The van der Waals surface area contributed by atoms with E-state index in [-0.39, 0.29) is 6.09 Å². The summed E-state index contributed by atoms with van der Waals surface area (Å²) in [5.41, 5.74) is 1.17. The lowest BCUT2D eigenvalue weighted by Crippen LogP contribution is -2.30. The maximum absolute atomic E-state index is 11.5. The van der Waals surface area contributed by atoms with Crippen LogP contribution >= 0.6 is 0 Å². The number of carbonyl (C=O) groups excluding carboxylic acids is 1. The maximum atomic E-state index is 11.5. The minimum atomic E-state index is -0.164. The normalized spacial score (nSPS) is 25.7. The van der Waals surface area contributed by atoms with Crippen molar-refractivity contribution in [2.24, 2.45) is 0 Å². The van der Waals surface area contributed by atoms with Crippen molar-refractivity contribution >= 4 is 6.09 Å². The minimum Gasteiger partial charge on any atom is -0.448 e. The Morgan fingerprint density at radius 3 is 2.76 bits per heavy atom. The molecule has 1 saturated carbocycles. The van der Waals surface area contributed by atoms with E-state index in [1.807, 2.05) is 6.26 Å². The topological polar surface area (TPSA) is 58.8 Å². The van der Waals surface area contributed by atoms with Crippen molar-refractivity contribution in [3.8, 4) is 0 Å². The molecule has 3 fully saturated rings. The fourth-order valence-corrected chi connectivity index (χ4v) is 4.51. The van der Waals surface area contributed by atoms with Crippen molar-refractivity contribution in [3.05, 3.63) is 17.8 Å². The van der Waals surface area contributed by atoms with E-state index in [4.69, 9.17) is 14.1 Å². The van der Waals surface area contributed by atoms with Gasteiger partial charge in [-0.3, -0.25) is 4.90 Å². The quantitative estimate of drug-likeness (QED) is 0.785. The molecule has 6 heteroatoms. The number of oxazole rings is 1. The van der Waals surface area contributed by atoms with E-state index in [1.54, 1.807) is 4.90 Å². The fraction of sp³-hybridized carbons (Fsp3) is 0.789. The lowest BCUT2D eigenvalue weighted by Gasteiger charge is -2.23. The third-order valence-corrected chi connectivity index (χ3v) is 5.93. The van der Waals surface area contributed by atoms with Gasteiger partial charge in [0, 0.05) is 19.0 Å². The predicted molar refractivity (Wildman–Crippen MR) is 93.4 cm³/mol. The molecule has 25 heavy (non-hydrogen) atoms. The molecule has 4 rings (SSSR count). The zero-order valence-electron chi connectivity index (χ0n) is 15.0. The molecule has 1 atom stereocenters. The Bertz CT molecular complexity index is 582. The van der Waals surface area contributed by atoms with Gasteiger partial charge >= 0.3 is 6.09 Å². The molecule has 1 aliphatic carbocycles. The molecule has 2 saturated heterocycles. The number of carbonyl (C=O) groups is 1. The Morgan fingerprint density at radius 1 is 1.08 bits per heavy atom. The van der Waals surface area contributed by atoms with Gasteiger partial charge < -0.3 is 14.1 Å². The molecule has 0 N–H and O–H groups in total. The van der Waals surface area contributed by atoms with Gasteiger partial charge in [0.2, 0.25) is 5.89 Å². The van der Waals surface area contributed by atoms with Crippen LogP contribution in [0.25, 0.3) is 0 Å². The SMILES string of the molecule is O=C1OCCN1CCCN1CCC[C@@H]1c1nc(C2CCCCC2)co1. The van der Waals surface area contributed by atoms with Crippen molar-refractivity contribution in [1.29, 1.82) is 0 Å². The number of amides is 1. The fourth-order valence-electron chi connectivity index (χ4n) is 4.51. The Hall–Kier alpha value is -1.56. The largest absolute Gasteiger partial charge is 0.448 e. The number of hydrogen-bond donors (Lipinski definition) is 0. The smallest absolute Gasteiger partial charge is 0.409 e. The van der Waals surface area contributed by atoms with E-state index in [9.17, 15) is 4.79 Å². The third-order valence-electron chi connectivity index (χ3n) is 5.93. The van der Waals surface area contributed by atoms with E-state index in [0.717, 1.165) is 44.9 Å². The number of likely N-dealkylation sites (tertiary alicyclic amines) is 1. The van der Waals surface area contributed by atoms with Crippen LogP contribution in [0.2, 0.25) is 0 Å². The monoisotopic (exact) mass is 347 g/mol. The second-order valence-electron chi connectivity index (χ2n) is 7.59. The van der Waals surface area contributed by atoms with E-state index < -0.39 is 0 Å². The van der Waals surface area contributed by atoms with E-state index in [2.05, 4.69) is 4.90 Å². The van der Waals surface area contributed by atoms with Crippen LogP contribution in [0, 0.1) is 0 Å². The van der Waals surface area contributed by atoms with Gasteiger partial charge in [-0.2, -0.15) is 0 Å². The van der Waals surface area contributed by atoms with Gasteiger partial charge in [0.05, 0.1) is 18.3 Å². The highest BCUT2D eigenvalue weighted by Gasteiger charge is 2.31. The first-order chi connectivity index (χ1) is 12.3. The minimum absolute atomic E-state index is 0.164. The molecular formula is C19H29N3O3. The molecule has 0 aromatic carbocycles. The van der Waals surface area contributed by atoms with Crippen LogP contribution in [0.15, 0.2) is 10.7 Å². The number of ether oxygens (including phenoxy) is 1. The summed E-state index contributed by atoms with van der Waals surface area (Å²) in [6, 6.07) is 0.308. The van der Waals surface area contributed by atoms with E-state index >= 15 is 0 Å². The second-order valence-corrected chi connectivity index (χ2v) is 7.59. The molecule has 138 valence electrons. The van der Waals surface area contributed by atoms with Crippen LogP contribution in [0.5, 0.6) is 0 Å². The van der Waals surface area contributed by atoms with Crippen LogP contribution in [-0.2, 0) is 4.74 Å². The second kappa shape index (κ2) is 7.77. The standard InChI is InChI=1S/C19H29N3O3/c23-19-22(12-13-24-19)11-5-10-21-9-4-8-17(21)18-20-16(14-25-18)15-6-2-1-3-7-15/h14-15,17H,1-13H2/t17-/m1/s1. The van der Waals surface area contributed by atoms with Gasteiger partial charge in [-0.25, -0.2) is 9.78 Å². The third kappa shape index (κ3) is 3.84. The molecule has 3 heterocycles. The highest BCUT2D eigenvalue weighted by molar-refractivity contribution is 5.69. The Labute approximate surface area is 149 Å². The van der Waals surface area contributed by atoms with Gasteiger partial charge in [-0.15, -0.1) is 0 Å². The molecule has 0 radical (unpaired) electrons. The summed E-state index contributed by atoms with van der Waals surface area (Å²) in [6.45, 7) is 4.12. The zero-order valence-corrected chi connectivity index (χ0v) is 15.0. The number of rotatable bonds is 6. The summed E-state index contributed by atoms with van der Waals surface area (Å²) in [5, 5.41) is 0. The average Bonchev–Trinajstić information content (AvgIpc) is 3.37. The molecular weight excluding hydrogens is 318 g/mol. The average molecular weight is 347 g/mol. The predicted octanol–water partition coefficient (Wildman–Crippen LogP) is 3.70. The molecule has 1 amide bonds. The first-order valence-corrected chi connectivity index (χ1v) is 9.92. The van der Waals surface area contributed by atoms with Crippen LogP contribution in [0.1, 0.15) is 74.9 Å². The van der Waals surface area contributed by atoms with Crippen LogP contribution in [0.4, 0.5) is 4.79 Å². The number of hydrogen-bond acceptors (Lipinski definition) is 5. The van der Waals surface area contributed by atoms with Gasteiger partial charge in [-0.05, 0) is 38.6 Å². The molecule has 0 unspecified atom stereocenters. The first-order valence-electron chi connectivity index (χ1n) is 9.92. The molecule has 3 aliphatic rings.